The van der Waals surface area contributed by atoms with Crippen LogP contribution in [0.3, 0.4) is 0 Å². The van der Waals surface area contributed by atoms with E-state index >= 15 is 4.21 Å². The molecule has 0 bridgehead atoms. The molecule has 2 amide bonds. The van der Waals surface area contributed by atoms with Crippen molar-refractivity contribution in [2.45, 2.75) is 61.4 Å². The van der Waals surface area contributed by atoms with Crippen LogP contribution >= 0.6 is 0 Å². The first kappa shape index (κ1) is 32.4. The number of carbonyl (C=O) groups excluding carboxylic acids is 1. The number of ether oxygens (including phenoxy) is 2. The molecular formula is C39H38FN5O4S. The van der Waals surface area contributed by atoms with Gasteiger partial charge < -0.3 is 14.8 Å². The highest BCUT2D eigenvalue weighted by Gasteiger charge is 2.43. The maximum atomic E-state index is 16.0. The van der Waals surface area contributed by atoms with Gasteiger partial charge in [-0.05, 0) is 58.2 Å². The first-order valence-corrected chi connectivity index (χ1v) is 18.4. The molecule has 11 heteroatoms. The van der Waals surface area contributed by atoms with E-state index in [0.717, 1.165) is 58.2 Å². The molecule has 8 rings (SSSR count). The summed E-state index contributed by atoms with van der Waals surface area (Å²) in [4.78, 5) is 14.4. The molecule has 2 unspecified atom stereocenters. The molecule has 2 aliphatic carbocycles. The zero-order valence-corrected chi connectivity index (χ0v) is 28.5. The Morgan fingerprint density at radius 1 is 0.960 bits per heavy atom. The van der Waals surface area contributed by atoms with Gasteiger partial charge in [0.2, 0.25) is 5.88 Å². The molecule has 1 aromatic heterocycles. The second kappa shape index (κ2) is 13.1. The van der Waals surface area contributed by atoms with E-state index in [9.17, 15) is 9.18 Å². The summed E-state index contributed by atoms with van der Waals surface area (Å²) >= 11 is 0. The van der Waals surface area contributed by atoms with Gasteiger partial charge in [-0.3, -0.25) is 0 Å². The number of anilines is 1. The minimum absolute atomic E-state index is 0.144. The molecule has 256 valence electrons. The fourth-order valence-corrected chi connectivity index (χ4v) is 9.61. The van der Waals surface area contributed by atoms with Gasteiger partial charge in [-0.2, -0.15) is 5.10 Å². The van der Waals surface area contributed by atoms with Crippen LogP contribution in [0.4, 0.5) is 14.9 Å². The molecule has 0 spiro atoms. The zero-order valence-electron chi connectivity index (χ0n) is 27.7. The highest BCUT2D eigenvalue weighted by Crippen LogP contribution is 2.42. The Labute approximate surface area is 291 Å². The van der Waals surface area contributed by atoms with Crippen molar-refractivity contribution in [2.24, 2.45) is 4.36 Å². The standard InChI is InChI=1S/C39H38FN5O4S/c1-48-25-32-24-45-37(49-32)35(23-41-45)50(47,43-38(46)42-36-33-19-11-12-26(33)20-27-21-31(40)22-34(27)36)44-39(28-13-5-2-6-14-28,29-15-7-3-8-16-29)30-17-9-4-10-18-30/h2-10,13-18,20,23,31-32H,11-12,19,21-22,24-25H2,1H3,(H2,42,43,44,46,47)/t31-,32?,50?/m0/s1. The van der Waals surface area contributed by atoms with E-state index in [-0.39, 0.29) is 23.3 Å². The number of benzene rings is 4. The molecule has 2 N–H and O–H groups in total. The summed E-state index contributed by atoms with van der Waals surface area (Å²) in [5, 5.41) is 7.52. The maximum Gasteiger partial charge on any atom is 0.354 e. The van der Waals surface area contributed by atoms with Crippen LogP contribution in [-0.2, 0) is 52.4 Å². The van der Waals surface area contributed by atoms with E-state index in [1.807, 2.05) is 91.0 Å². The highest BCUT2D eigenvalue weighted by molar-refractivity contribution is 7.92. The SMILES string of the molecule is COCC1Cn2ncc(S(=O)(=NC(=O)Nc3c4c(cc5c3C[C@@H](F)C5)CCC4)NC(c3ccccc3)(c3ccccc3)c3ccccc3)c2O1. The molecule has 50 heavy (non-hydrogen) atoms. The van der Waals surface area contributed by atoms with Crippen LogP contribution in [0.15, 0.2) is 113 Å². The third-order valence-corrected chi connectivity index (χ3v) is 11.8. The fraction of sp³-hybridized carbons (Fsp3) is 0.282. The summed E-state index contributed by atoms with van der Waals surface area (Å²) < 4.78 is 51.9. The Bertz CT molecular complexity index is 2070. The van der Waals surface area contributed by atoms with Gasteiger partial charge in [-0.15, -0.1) is 4.36 Å². The Balaban J connectivity index is 1.32. The number of aromatic nitrogens is 2. The molecule has 3 aliphatic rings. The van der Waals surface area contributed by atoms with Gasteiger partial charge in [0.1, 0.15) is 22.7 Å². The number of carbonyl (C=O) groups is 1. The van der Waals surface area contributed by atoms with E-state index in [0.29, 0.717) is 25.3 Å². The largest absolute Gasteiger partial charge is 0.469 e. The van der Waals surface area contributed by atoms with Gasteiger partial charge in [-0.25, -0.2) is 22.8 Å². The fourth-order valence-electron chi connectivity index (χ4n) is 7.73. The van der Waals surface area contributed by atoms with Gasteiger partial charge in [0.15, 0.2) is 9.92 Å². The molecule has 4 aromatic carbocycles. The third-order valence-electron chi connectivity index (χ3n) is 9.89. The number of hydrogen-bond donors (Lipinski definition) is 2. The van der Waals surface area contributed by atoms with Crippen LogP contribution in [0, 0.1) is 0 Å². The number of nitrogens with zero attached hydrogens (tertiary/aromatic N) is 3. The number of nitrogens with one attached hydrogen (secondary N) is 2. The van der Waals surface area contributed by atoms with E-state index in [4.69, 9.17) is 9.47 Å². The number of hydrogen-bond acceptors (Lipinski definition) is 5. The Kier molecular flexibility index (Phi) is 8.50. The summed E-state index contributed by atoms with van der Waals surface area (Å²) in [5.41, 5.74) is 5.55. The number of halogens is 1. The van der Waals surface area contributed by atoms with Crippen molar-refractivity contribution in [3.63, 3.8) is 0 Å². The minimum Gasteiger partial charge on any atom is -0.469 e. The number of methoxy groups -OCH3 is 1. The van der Waals surface area contributed by atoms with Crippen LogP contribution in [0.2, 0.25) is 0 Å². The van der Waals surface area contributed by atoms with Crippen LogP contribution in [0.5, 0.6) is 5.88 Å². The first-order valence-electron chi connectivity index (χ1n) is 16.9. The zero-order chi connectivity index (χ0) is 34.3. The Morgan fingerprint density at radius 2 is 1.60 bits per heavy atom. The summed E-state index contributed by atoms with van der Waals surface area (Å²) in [6, 6.07) is 30.4. The van der Waals surface area contributed by atoms with Gasteiger partial charge in [0.25, 0.3) is 0 Å². The highest BCUT2D eigenvalue weighted by atomic mass is 32.2. The Hall–Kier alpha value is -4.84. The maximum absolute atomic E-state index is 16.0. The van der Waals surface area contributed by atoms with Crippen molar-refractivity contribution in [3.8, 4) is 5.88 Å². The first-order chi connectivity index (χ1) is 24.4. The molecule has 0 radical (unpaired) electrons. The topological polar surface area (TPSA) is 107 Å². The molecule has 9 nitrogen and oxygen atoms in total. The van der Waals surface area contributed by atoms with E-state index in [1.165, 1.54) is 6.20 Å². The molecule has 0 fully saturated rings. The van der Waals surface area contributed by atoms with Gasteiger partial charge in [0, 0.05) is 25.6 Å². The lowest BCUT2D eigenvalue weighted by atomic mass is 9.78. The average molecular weight is 692 g/mol. The lowest BCUT2D eigenvalue weighted by Crippen LogP contribution is -2.48. The second-order valence-corrected chi connectivity index (χ2v) is 15.0. The predicted octanol–water partition coefficient (Wildman–Crippen LogP) is 6.77. The van der Waals surface area contributed by atoms with E-state index in [1.54, 1.807) is 11.8 Å². The van der Waals surface area contributed by atoms with Crippen molar-refractivity contribution in [2.75, 3.05) is 19.0 Å². The number of alkyl halides is 1. The monoisotopic (exact) mass is 691 g/mol. The van der Waals surface area contributed by atoms with Crippen molar-refractivity contribution in [1.29, 1.82) is 0 Å². The molecule has 0 saturated carbocycles. The number of urea groups is 1. The summed E-state index contributed by atoms with van der Waals surface area (Å²) in [6.45, 7) is 0.690. The van der Waals surface area contributed by atoms with Crippen molar-refractivity contribution >= 4 is 21.6 Å². The molecule has 0 saturated heterocycles. The van der Waals surface area contributed by atoms with Crippen molar-refractivity contribution < 1.29 is 22.9 Å². The molecule has 3 atom stereocenters. The minimum atomic E-state index is -3.91. The molecular weight excluding hydrogens is 654 g/mol. The van der Waals surface area contributed by atoms with Crippen LogP contribution in [-0.4, -0.2) is 46.0 Å². The normalized spacial score (nSPS) is 18.8. The summed E-state index contributed by atoms with van der Waals surface area (Å²) in [6.07, 6.45) is 3.22. The average Bonchev–Trinajstić information content (AvgIpc) is 3.93. The predicted molar refractivity (Wildman–Crippen MR) is 189 cm³/mol. The lowest BCUT2D eigenvalue weighted by Gasteiger charge is -2.37. The number of fused-ring (bicyclic) bond motifs is 3. The summed E-state index contributed by atoms with van der Waals surface area (Å²) in [7, 11) is -2.32. The van der Waals surface area contributed by atoms with Gasteiger partial charge in [-0.1, -0.05) is 97.1 Å². The van der Waals surface area contributed by atoms with Crippen LogP contribution in [0.1, 0.15) is 45.4 Å². The number of amides is 2. The quantitative estimate of drug-likeness (QED) is 0.166. The van der Waals surface area contributed by atoms with Gasteiger partial charge in [0.05, 0.1) is 19.3 Å². The molecule has 2 heterocycles. The Morgan fingerprint density at radius 3 is 2.22 bits per heavy atom. The molecule has 1 aliphatic heterocycles. The third kappa shape index (κ3) is 5.69. The summed E-state index contributed by atoms with van der Waals surface area (Å²) in [5.74, 6) is 0.256. The van der Waals surface area contributed by atoms with E-state index < -0.39 is 27.7 Å². The van der Waals surface area contributed by atoms with Crippen molar-refractivity contribution in [1.82, 2.24) is 14.5 Å². The second-order valence-electron chi connectivity index (χ2n) is 13.1. The number of rotatable bonds is 9. The molecule has 5 aromatic rings. The van der Waals surface area contributed by atoms with Crippen LogP contribution in [0.25, 0.3) is 0 Å². The number of aryl methyl sites for hydroxylation is 1. The van der Waals surface area contributed by atoms with Gasteiger partial charge >= 0.3 is 6.03 Å². The van der Waals surface area contributed by atoms with Crippen LogP contribution < -0.4 is 14.8 Å². The smallest absolute Gasteiger partial charge is 0.354 e. The van der Waals surface area contributed by atoms with E-state index in [2.05, 4.69) is 25.6 Å². The van der Waals surface area contributed by atoms with Crippen molar-refractivity contribution in [3.05, 3.63) is 142 Å². The lowest BCUT2D eigenvalue weighted by molar-refractivity contribution is 0.0920.